The first-order valence-electron chi connectivity index (χ1n) is 16.9. The van der Waals surface area contributed by atoms with E-state index in [2.05, 4.69) is 27.6 Å². The van der Waals surface area contributed by atoms with Crippen molar-refractivity contribution in [2.75, 3.05) is 32.2 Å². The monoisotopic (exact) mass is 704 g/mol. The van der Waals surface area contributed by atoms with Gasteiger partial charge in [0.25, 0.3) is 11.8 Å². The molecule has 0 saturated carbocycles. The number of rotatable bonds is 8. The molecule has 6 heterocycles. The van der Waals surface area contributed by atoms with Gasteiger partial charge in [-0.25, -0.2) is 19.3 Å². The number of aromatic nitrogens is 4. The van der Waals surface area contributed by atoms with Gasteiger partial charge in [-0.05, 0) is 85.0 Å². The number of aromatic amines is 1. The predicted octanol–water partition coefficient (Wildman–Crippen LogP) is 6.44. The lowest BCUT2D eigenvalue weighted by molar-refractivity contribution is -0.0416. The molecule has 6 aromatic rings. The van der Waals surface area contributed by atoms with E-state index in [1.165, 1.54) is 34.6 Å². The Hall–Kier alpha value is -5.40. The zero-order chi connectivity index (χ0) is 34.9. The number of halogens is 1. The van der Waals surface area contributed by atoms with Gasteiger partial charge in [0.1, 0.15) is 22.9 Å². The molecular weight excluding hydrogens is 672 g/mol. The van der Waals surface area contributed by atoms with Gasteiger partial charge in [-0.2, -0.15) is 0 Å². The zero-order valence-corrected chi connectivity index (χ0v) is 28.7. The minimum Gasteiger partial charge on any atom is -0.496 e. The third-order valence-corrected chi connectivity index (χ3v) is 11.5. The molecule has 3 aliphatic rings. The molecule has 1 unspecified atom stereocenters. The molecule has 0 spiro atoms. The van der Waals surface area contributed by atoms with Gasteiger partial charge >= 0.3 is 5.76 Å². The topological polar surface area (TPSA) is 135 Å². The Morgan fingerprint density at radius 3 is 2.78 bits per heavy atom. The van der Waals surface area contributed by atoms with Crippen molar-refractivity contribution in [3.05, 3.63) is 111 Å². The van der Waals surface area contributed by atoms with Crippen LogP contribution in [0.2, 0.25) is 0 Å². The van der Waals surface area contributed by atoms with Gasteiger partial charge in [-0.1, -0.05) is 24.3 Å². The minimum absolute atomic E-state index is 0.0453. The fourth-order valence-corrected chi connectivity index (χ4v) is 9.03. The first kappa shape index (κ1) is 31.6. The van der Waals surface area contributed by atoms with Crippen LogP contribution in [-0.4, -0.2) is 57.8 Å². The number of hydrogen-bond acceptors (Lipinski definition) is 10. The molecule has 51 heavy (non-hydrogen) atoms. The first-order valence-corrected chi connectivity index (χ1v) is 17.7. The summed E-state index contributed by atoms with van der Waals surface area (Å²) >= 11 is 1.51. The summed E-state index contributed by atoms with van der Waals surface area (Å²) < 4.78 is 31.9. The van der Waals surface area contributed by atoms with Gasteiger partial charge in [-0.15, -0.1) is 16.4 Å². The third-order valence-electron chi connectivity index (χ3n) is 10.3. The molecule has 1 aliphatic carbocycles. The van der Waals surface area contributed by atoms with Crippen LogP contribution < -0.4 is 15.8 Å². The Morgan fingerprint density at radius 1 is 1.12 bits per heavy atom. The van der Waals surface area contributed by atoms with E-state index in [4.69, 9.17) is 23.9 Å². The number of benzene rings is 2. The highest BCUT2D eigenvalue weighted by molar-refractivity contribution is 7.23. The van der Waals surface area contributed by atoms with E-state index in [-0.39, 0.29) is 23.7 Å². The Balaban J connectivity index is 1.23. The second kappa shape index (κ2) is 12.1. The van der Waals surface area contributed by atoms with E-state index in [0.717, 1.165) is 44.9 Å². The van der Waals surface area contributed by atoms with Crippen molar-refractivity contribution in [2.24, 2.45) is 0 Å². The number of ether oxygens (including phenoxy) is 2. The quantitative estimate of drug-likeness (QED) is 0.184. The number of methoxy groups -OCH3 is 1. The van der Waals surface area contributed by atoms with Crippen LogP contribution in [0.1, 0.15) is 57.8 Å². The van der Waals surface area contributed by atoms with Crippen LogP contribution in [0.4, 0.5) is 10.2 Å². The number of thiophene rings is 1. The number of amides is 1. The zero-order valence-electron chi connectivity index (χ0n) is 27.9. The van der Waals surface area contributed by atoms with Gasteiger partial charge in [0.05, 0.1) is 53.6 Å². The highest BCUT2D eigenvalue weighted by atomic mass is 32.1. The molecule has 258 valence electrons. The number of nitrogens with zero attached hydrogens (tertiary/aromatic N) is 4. The van der Waals surface area contributed by atoms with E-state index < -0.39 is 11.3 Å². The Labute approximate surface area is 295 Å². The third kappa shape index (κ3) is 5.13. The maximum absolute atomic E-state index is 14.5. The number of nitrogens with one attached hydrogen (secondary N) is 2. The van der Waals surface area contributed by atoms with E-state index in [1.807, 2.05) is 30.0 Å². The molecule has 4 aromatic heterocycles. The minimum atomic E-state index is -0.795. The Kier molecular flexibility index (Phi) is 7.51. The molecule has 0 radical (unpaired) electrons. The molecule has 1 fully saturated rings. The molecule has 1 saturated heterocycles. The highest BCUT2D eigenvalue weighted by Crippen LogP contribution is 2.50. The van der Waals surface area contributed by atoms with Gasteiger partial charge in [0.2, 0.25) is 0 Å². The molecule has 2 aromatic carbocycles. The van der Waals surface area contributed by atoms with Gasteiger partial charge in [0.15, 0.2) is 0 Å². The number of carbonyl (C=O) groups is 1. The molecule has 2 N–H and O–H groups in total. The van der Waals surface area contributed by atoms with Crippen molar-refractivity contribution in [1.29, 1.82) is 0 Å². The standard InChI is InChI=1S/C38H33FN6O5S/c1-38-19-49-17-16-45(38)36(46)31-30(29(35-43-44-37(47)50-35)26(41-33(31)38)12-8-20-6-9-22(39)10-7-20)28-18-21-14-15-40-34(32(21)51-28)42-25-13-11-24-23(25)4-3-5-27(24)48-2/h3-7,9-10,14-15,18,25H,8,11-13,16-17,19H2,1-2H3,(H,40,42)(H,44,47)/t25-,38?/m1/s1. The molecular formula is C38H33FN6O5S. The normalized spacial score (nSPS) is 19.3. The summed E-state index contributed by atoms with van der Waals surface area (Å²) in [6.45, 7) is 3.12. The number of carbonyl (C=O) groups excluding carboxylic acids is 1. The molecule has 13 heteroatoms. The summed E-state index contributed by atoms with van der Waals surface area (Å²) in [5.74, 6) is 0.483. The van der Waals surface area contributed by atoms with Crippen LogP contribution >= 0.6 is 11.3 Å². The summed E-state index contributed by atoms with van der Waals surface area (Å²) in [6.07, 6.45) is 4.51. The van der Waals surface area contributed by atoms with E-state index in [0.29, 0.717) is 60.7 Å². The lowest BCUT2D eigenvalue weighted by atomic mass is 9.90. The smallest absolute Gasteiger partial charge is 0.434 e. The fraction of sp³-hybridized carbons (Fsp3) is 0.289. The molecule has 9 rings (SSSR count). The number of fused-ring (bicyclic) bond motifs is 5. The Bertz CT molecular complexity index is 2400. The van der Waals surface area contributed by atoms with Gasteiger partial charge < -0.3 is 24.1 Å². The van der Waals surface area contributed by atoms with Crippen LogP contribution in [-0.2, 0) is 29.5 Å². The summed E-state index contributed by atoms with van der Waals surface area (Å²) in [4.78, 5) is 39.5. The maximum Gasteiger partial charge on any atom is 0.434 e. The average Bonchev–Trinajstić information content (AvgIpc) is 3.92. The highest BCUT2D eigenvalue weighted by Gasteiger charge is 2.52. The van der Waals surface area contributed by atoms with Crippen LogP contribution in [0.15, 0.2) is 70.0 Å². The Morgan fingerprint density at radius 2 is 1.98 bits per heavy atom. The van der Waals surface area contributed by atoms with Crippen molar-refractivity contribution in [3.63, 3.8) is 0 Å². The number of hydrogen-bond donors (Lipinski definition) is 2. The van der Waals surface area contributed by atoms with Crippen molar-refractivity contribution < 1.29 is 23.1 Å². The van der Waals surface area contributed by atoms with E-state index in [1.54, 1.807) is 25.4 Å². The predicted molar refractivity (Wildman–Crippen MR) is 190 cm³/mol. The van der Waals surface area contributed by atoms with Crippen molar-refractivity contribution in [1.82, 2.24) is 25.1 Å². The first-order chi connectivity index (χ1) is 24.8. The molecule has 1 amide bonds. The number of aryl methyl sites for hydroxylation is 2. The summed E-state index contributed by atoms with van der Waals surface area (Å²) in [5, 5.41) is 11.3. The second-order valence-electron chi connectivity index (χ2n) is 13.3. The lowest BCUT2D eigenvalue weighted by Gasteiger charge is -2.39. The second-order valence-corrected chi connectivity index (χ2v) is 14.4. The summed E-state index contributed by atoms with van der Waals surface area (Å²) in [6, 6.07) is 16.5. The summed E-state index contributed by atoms with van der Waals surface area (Å²) in [5.41, 5.74) is 5.25. The van der Waals surface area contributed by atoms with Crippen molar-refractivity contribution in [2.45, 2.75) is 44.2 Å². The lowest BCUT2D eigenvalue weighted by Crippen LogP contribution is -2.50. The molecule has 11 nitrogen and oxygen atoms in total. The number of morpholine rings is 1. The van der Waals surface area contributed by atoms with Crippen LogP contribution in [0.3, 0.4) is 0 Å². The van der Waals surface area contributed by atoms with Crippen LogP contribution in [0.5, 0.6) is 5.75 Å². The average molecular weight is 705 g/mol. The van der Waals surface area contributed by atoms with Gasteiger partial charge in [-0.3, -0.25) is 9.78 Å². The molecule has 2 atom stereocenters. The van der Waals surface area contributed by atoms with Crippen molar-refractivity contribution in [3.8, 4) is 27.6 Å². The van der Waals surface area contributed by atoms with E-state index in [9.17, 15) is 14.0 Å². The number of anilines is 1. The number of H-pyrrole nitrogens is 1. The van der Waals surface area contributed by atoms with E-state index >= 15 is 0 Å². The van der Waals surface area contributed by atoms with Gasteiger partial charge in [0, 0.05) is 23.2 Å². The van der Waals surface area contributed by atoms with Crippen molar-refractivity contribution >= 4 is 33.1 Å². The SMILES string of the molecule is COc1cccc2c1CC[C@H]2Nc1nccc2cc(-c3c4c(nc(CCc5ccc(F)cc5)c3-c3n[nH]c(=O)o3)C3(C)COCCN3C4=O)sc12. The fourth-order valence-electron chi connectivity index (χ4n) is 7.87. The van der Waals surface area contributed by atoms with Crippen LogP contribution in [0, 0.1) is 5.82 Å². The summed E-state index contributed by atoms with van der Waals surface area (Å²) in [7, 11) is 1.70. The van der Waals surface area contributed by atoms with Crippen LogP contribution in [0.25, 0.3) is 32.0 Å². The maximum atomic E-state index is 14.5. The number of pyridine rings is 2. The molecule has 2 aliphatic heterocycles. The largest absolute Gasteiger partial charge is 0.496 e. The molecule has 0 bridgehead atoms.